The van der Waals surface area contributed by atoms with Crippen LogP contribution in [0.25, 0.3) is 0 Å². The summed E-state index contributed by atoms with van der Waals surface area (Å²) in [6.45, 7) is 2.29. The average Bonchev–Trinajstić information content (AvgIpc) is 3.29. The van der Waals surface area contributed by atoms with Gasteiger partial charge in [-0.2, -0.15) is 0 Å². The van der Waals surface area contributed by atoms with Crippen LogP contribution in [0.1, 0.15) is 19.8 Å². The molecule has 3 unspecified atom stereocenters. The number of nitrogens with one attached hydrogen (secondary N) is 1. The van der Waals surface area contributed by atoms with Crippen LogP contribution in [0, 0.1) is 11.8 Å². The molecular formula is C17H21ClN2O4S. The summed E-state index contributed by atoms with van der Waals surface area (Å²) in [7, 11) is -3.05. The molecule has 0 aromatic heterocycles. The van der Waals surface area contributed by atoms with Gasteiger partial charge in [-0.15, -0.1) is 0 Å². The van der Waals surface area contributed by atoms with Gasteiger partial charge in [-0.1, -0.05) is 23.7 Å². The molecule has 1 aromatic rings. The molecule has 1 aromatic carbocycles. The Bertz CT molecular complexity index is 796. The fraction of sp³-hybridized carbons (Fsp3) is 0.529. The van der Waals surface area contributed by atoms with Crippen LogP contribution in [0.4, 0.5) is 5.69 Å². The van der Waals surface area contributed by atoms with E-state index in [0.717, 1.165) is 0 Å². The number of halogens is 1. The van der Waals surface area contributed by atoms with E-state index in [4.69, 9.17) is 11.6 Å². The van der Waals surface area contributed by atoms with Gasteiger partial charge in [0.05, 0.1) is 34.1 Å². The Morgan fingerprint density at radius 2 is 2.00 bits per heavy atom. The molecule has 0 bridgehead atoms. The predicted molar refractivity (Wildman–Crippen MR) is 96.1 cm³/mol. The van der Waals surface area contributed by atoms with E-state index >= 15 is 0 Å². The predicted octanol–water partition coefficient (Wildman–Crippen LogP) is 1.95. The number of sulfone groups is 1. The Morgan fingerprint density at radius 3 is 2.60 bits per heavy atom. The van der Waals surface area contributed by atoms with E-state index in [2.05, 4.69) is 5.32 Å². The number of carbonyl (C=O) groups is 2. The van der Waals surface area contributed by atoms with Crippen molar-refractivity contribution in [2.45, 2.75) is 25.8 Å². The molecule has 2 fully saturated rings. The number of hydrogen-bond donors (Lipinski definition) is 1. The van der Waals surface area contributed by atoms with Crippen molar-refractivity contribution >= 4 is 38.9 Å². The van der Waals surface area contributed by atoms with Crippen molar-refractivity contribution < 1.29 is 18.0 Å². The summed E-state index contributed by atoms with van der Waals surface area (Å²) in [5.74, 6) is -0.940. The standard InChI is InChI=1S/C17H21ClN2O4S/c1-2-20(11-7-8-25(23,24)10-11)17(22)13-9-12(13)16(21)19-15-6-4-3-5-14(15)18/h3-6,11-13H,2,7-10H2,1H3,(H,19,21). The van der Waals surface area contributed by atoms with Gasteiger partial charge in [0.1, 0.15) is 0 Å². The van der Waals surface area contributed by atoms with Crippen LogP contribution in [0.5, 0.6) is 0 Å². The van der Waals surface area contributed by atoms with Crippen molar-refractivity contribution in [2.75, 3.05) is 23.4 Å². The monoisotopic (exact) mass is 384 g/mol. The van der Waals surface area contributed by atoms with Gasteiger partial charge in [0.25, 0.3) is 0 Å². The van der Waals surface area contributed by atoms with E-state index in [9.17, 15) is 18.0 Å². The second-order valence-electron chi connectivity index (χ2n) is 6.60. The summed E-state index contributed by atoms with van der Waals surface area (Å²) in [6.07, 6.45) is 0.968. The molecule has 1 aliphatic carbocycles. The topological polar surface area (TPSA) is 83.6 Å². The van der Waals surface area contributed by atoms with E-state index in [1.54, 1.807) is 29.2 Å². The Morgan fingerprint density at radius 1 is 1.28 bits per heavy atom. The highest BCUT2D eigenvalue weighted by Gasteiger charge is 2.50. The lowest BCUT2D eigenvalue weighted by Gasteiger charge is -2.27. The molecule has 3 atom stereocenters. The van der Waals surface area contributed by atoms with E-state index in [0.29, 0.717) is 30.1 Å². The molecule has 1 N–H and O–H groups in total. The van der Waals surface area contributed by atoms with E-state index in [1.807, 2.05) is 6.92 Å². The molecule has 0 spiro atoms. The van der Waals surface area contributed by atoms with Crippen molar-refractivity contribution in [1.82, 2.24) is 4.90 Å². The number of carbonyl (C=O) groups excluding carboxylic acids is 2. The lowest BCUT2D eigenvalue weighted by atomic mass is 10.2. The summed E-state index contributed by atoms with van der Waals surface area (Å²) in [5, 5.41) is 3.21. The molecule has 0 radical (unpaired) electrons. The lowest BCUT2D eigenvalue weighted by molar-refractivity contribution is -0.135. The first-order valence-electron chi connectivity index (χ1n) is 8.38. The van der Waals surface area contributed by atoms with E-state index in [-0.39, 0.29) is 41.2 Å². The SMILES string of the molecule is CCN(C(=O)C1CC1C(=O)Nc1ccccc1Cl)C1CCS(=O)(=O)C1. The third kappa shape index (κ3) is 3.98. The summed E-state index contributed by atoms with van der Waals surface area (Å²) in [6, 6.07) is 6.68. The van der Waals surface area contributed by atoms with Gasteiger partial charge in [0.2, 0.25) is 11.8 Å². The van der Waals surface area contributed by atoms with Crippen LogP contribution in [-0.4, -0.2) is 49.2 Å². The first-order chi connectivity index (χ1) is 11.8. The van der Waals surface area contributed by atoms with Crippen LogP contribution in [0.3, 0.4) is 0 Å². The van der Waals surface area contributed by atoms with Crippen LogP contribution < -0.4 is 5.32 Å². The minimum atomic E-state index is -3.05. The molecule has 1 aliphatic heterocycles. The van der Waals surface area contributed by atoms with Crippen LogP contribution in [0.15, 0.2) is 24.3 Å². The van der Waals surface area contributed by atoms with Gasteiger partial charge in [-0.3, -0.25) is 9.59 Å². The average molecular weight is 385 g/mol. The fourth-order valence-electron chi connectivity index (χ4n) is 3.37. The second-order valence-corrected chi connectivity index (χ2v) is 9.23. The van der Waals surface area contributed by atoms with Crippen molar-refractivity contribution in [3.63, 3.8) is 0 Å². The molecule has 136 valence electrons. The molecule has 2 amide bonds. The molecule has 3 rings (SSSR count). The third-order valence-electron chi connectivity index (χ3n) is 4.85. The van der Waals surface area contributed by atoms with E-state index in [1.165, 1.54) is 0 Å². The maximum Gasteiger partial charge on any atom is 0.228 e. The minimum absolute atomic E-state index is 0.0236. The maximum absolute atomic E-state index is 12.7. The Hall–Kier alpha value is -1.60. The van der Waals surface area contributed by atoms with Crippen LogP contribution in [0.2, 0.25) is 5.02 Å². The summed E-state index contributed by atoms with van der Waals surface area (Å²) in [4.78, 5) is 26.7. The van der Waals surface area contributed by atoms with E-state index < -0.39 is 9.84 Å². The Kier molecular flexibility index (Phi) is 5.06. The van der Waals surface area contributed by atoms with Gasteiger partial charge in [-0.25, -0.2) is 8.42 Å². The number of nitrogens with zero attached hydrogens (tertiary/aromatic N) is 1. The minimum Gasteiger partial charge on any atom is -0.339 e. The second kappa shape index (κ2) is 6.96. The zero-order chi connectivity index (χ0) is 18.2. The number of hydrogen-bond acceptors (Lipinski definition) is 4. The largest absolute Gasteiger partial charge is 0.339 e. The van der Waals surface area contributed by atoms with Crippen LogP contribution >= 0.6 is 11.6 Å². The maximum atomic E-state index is 12.7. The molecule has 6 nitrogen and oxygen atoms in total. The van der Waals surface area contributed by atoms with Gasteiger partial charge in [-0.05, 0) is 31.9 Å². The third-order valence-corrected chi connectivity index (χ3v) is 6.93. The van der Waals surface area contributed by atoms with Gasteiger partial charge < -0.3 is 10.2 Å². The molecule has 2 aliphatic rings. The summed E-state index contributed by atoms with van der Waals surface area (Å²) < 4.78 is 23.3. The quantitative estimate of drug-likeness (QED) is 0.841. The van der Waals surface area contributed by atoms with Gasteiger partial charge >= 0.3 is 0 Å². The first-order valence-corrected chi connectivity index (χ1v) is 10.6. The summed E-state index contributed by atoms with van der Waals surface area (Å²) in [5.41, 5.74) is 0.529. The number of rotatable bonds is 5. The molecule has 1 saturated heterocycles. The number of anilines is 1. The zero-order valence-corrected chi connectivity index (χ0v) is 15.5. The highest BCUT2D eigenvalue weighted by atomic mass is 35.5. The molecule has 25 heavy (non-hydrogen) atoms. The first kappa shape index (κ1) is 18.2. The molecule has 8 heteroatoms. The van der Waals surface area contributed by atoms with Crippen molar-refractivity contribution in [3.05, 3.63) is 29.3 Å². The van der Waals surface area contributed by atoms with Crippen LogP contribution in [-0.2, 0) is 19.4 Å². The number of para-hydroxylation sites is 1. The van der Waals surface area contributed by atoms with Gasteiger partial charge in [0, 0.05) is 12.6 Å². The number of benzene rings is 1. The highest BCUT2D eigenvalue weighted by molar-refractivity contribution is 7.91. The lowest BCUT2D eigenvalue weighted by Crippen LogP contribution is -2.42. The Balaban J connectivity index is 1.61. The normalized spacial score (nSPS) is 26.9. The molecule has 1 heterocycles. The van der Waals surface area contributed by atoms with Crippen molar-refractivity contribution in [3.8, 4) is 0 Å². The Labute approximate surface area is 152 Å². The fourth-order valence-corrected chi connectivity index (χ4v) is 5.29. The number of amides is 2. The highest BCUT2D eigenvalue weighted by Crippen LogP contribution is 2.42. The zero-order valence-electron chi connectivity index (χ0n) is 13.9. The van der Waals surface area contributed by atoms with Crippen molar-refractivity contribution in [2.24, 2.45) is 11.8 Å². The van der Waals surface area contributed by atoms with Crippen molar-refractivity contribution in [1.29, 1.82) is 0 Å². The van der Waals surface area contributed by atoms with Gasteiger partial charge in [0.15, 0.2) is 9.84 Å². The molecular weight excluding hydrogens is 364 g/mol. The summed E-state index contributed by atoms with van der Waals surface area (Å²) >= 11 is 6.03. The molecule has 1 saturated carbocycles. The smallest absolute Gasteiger partial charge is 0.228 e.